The lowest BCUT2D eigenvalue weighted by molar-refractivity contribution is -0.120. The molecule has 4 aliphatic carbocycles. The third kappa shape index (κ3) is 2.22. The highest BCUT2D eigenvalue weighted by molar-refractivity contribution is 5.77. The van der Waals surface area contributed by atoms with Crippen molar-refractivity contribution in [3.63, 3.8) is 0 Å². The van der Waals surface area contributed by atoms with Gasteiger partial charge in [-0.25, -0.2) is 0 Å². The van der Waals surface area contributed by atoms with E-state index in [4.69, 9.17) is 5.73 Å². The average molecular weight is 236 g/mol. The van der Waals surface area contributed by atoms with E-state index in [1.807, 2.05) is 0 Å². The van der Waals surface area contributed by atoms with Crippen molar-refractivity contribution in [1.82, 2.24) is 5.32 Å². The fourth-order valence-corrected chi connectivity index (χ4v) is 5.14. The monoisotopic (exact) mass is 236 g/mol. The van der Waals surface area contributed by atoms with E-state index in [2.05, 4.69) is 5.32 Å². The van der Waals surface area contributed by atoms with Crippen LogP contribution in [0.4, 0.5) is 0 Å². The zero-order chi connectivity index (χ0) is 11.9. The lowest BCUT2D eigenvalue weighted by Gasteiger charge is -2.57. The van der Waals surface area contributed by atoms with Crippen molar-refractivity contribution in [3.05, 3.63) is 0 Å². The molecule has 0 aromatic heterocycles. The van der Waals surface area contributed by atoms with Gasteiger partial charge < -0.3 is 11.1 Å². The molecule has 0 spiro atoms. The maximum atomic E-state index is 11.2. The molecule has 17 heavy (non-hydrogen) atoms. The largest absolute Gasteiger partial charge is 0.355 e. The van der Waals surface area contributed by atoms with Gasteiger partial charge in [0, 0.05) is 6.54 Å². The molecule has 0 aromatic rings. The van der Waals surface area contributed by atoms with Crippen LogP contribution in [0.1, 0.15) is 44.9 Å². The van der Waals surface area contributed by atoms with Crippen LogP contribution in [0.2, 0.25) is 0 Å². The predicted octanol–water partition coefficient (Wildman–Crippen LogP) is 1.67. The van der Waals surface area contributed by atoms with E-state index in [1.54, 1.807) is 0 Å². The lowest BCUT2D eigenvalue weighted by Crippen LogP contribution is -2.47. The number of nitrogens with two attached hydrogens (primary N) is 1. The first kappa shape index (κ1) is 11.5. The summed E-state index contributed by atoms with van der Waals surface area (Å²) in [4.78, 5) is 11.2. The molecule has 4 rings (SSSR count). The van der Waals surface area contributed by atoms with E-state index in [9.17, 15) is 4.79 Å². The van der Waals surface area contributed by atoms with Crippen molar-refractivity contribution in [3.8, 4) is 0 Å². The third-order valence-corrected chi connectivity index (χ3v) is 5.33. The lowest BCUT2D eigenvalue weighted by atomic mass is 9.49. The molecule has 1 amide bonds. The topological polar surface area (TPSA) is 55.1 Å². The summed E-state index contributed by atoms with van der Waals surface area (Å²) < 4.78 is 0. The number of hydrogen-bond donors (Lipinski definition) is 2. The van der Waals surface area contributed by atoms with Crippen LogP contribution in [0.3, 0.4) is 0 Å². The standard InChI is InChI=1S/C14H24N2O/c15-9-13(17)16-2-1-14-6-10-3-11(7-14)5-12(4-10)8-14/h10-12H,1-9,15H2,(H,16,17). The number of hydrogen-bond acceptors (Lipinski definition) is 2. The van der Waals surface area contributed by atoms with Crippen LogP contribution < -0.4 is 11.1 Å². The zero-order valence-electron chi connectivity index (χ0n) is 10.6. The molecular formula is C14H24N2O. The SMILES string of the molecule is NCC(=O)NCCC12CC3CC(CC(C3)C1)C2. The van der Waals surface area contributed by atoms with E-state index in [0.717, 1.165) is 24.3 Å². The van der Waals surface area contributed by atoms with Crippen molar-refractivity contribution in [2.45, 2.75) is 44.9 Å². The molecule has 0 atom stereocenters. The second kappa shape index (κ2) is 4.27. The maximum absolute atomic E-state index is 11.2. The Balaban J connectivity index is 1.57. The third-order valence-electron chi connectivity index (χ3n) is 5.33. The van der Waals surface area contributed by atoms with Gasteiger partial charge in [0.2, 0.25) is 5.91 Å². The Morgan fingerprint density at radius 1 is 1.12 bits per heavy atom. The summed E-state index contributed by atoms with van der Waals surface area (Å²) in [6.07, 6.45) is 9.95. The van der Waals surface area contributed by atoms with Gasteiger partial charge >= 0.3 is 0 Å². The molecule has 0 heterocycles. The molecule has 4 saturated carbocycles. The molecule has 0 radical (unpaired) electrons. The molecule has 96 valence electrons. The minimum absolute atomic E-state index is 0.00488. The first-order valence-corrected chi connectivity index (χ1v) is 7.16. The number of nitrogens with one attached hydrogen (secondary N) is 1. The van der Waals surface area contributed by atoms with Gasteiger partial charge in [0.1, 0.15) is 0 Å². The molecule has 0 aliphatic heterocycles. The van der Waals surface area contributed by atoms with Gasteiger partial charge in [-0.05, 0) is 68.1 Å². The van der Waals surface area contributed by atoms with Crippen molar-refractivity contribution < 1.29 is 4.79 Å². The highest BCUT2D eigenvalue weighted by atomic mass is 16.1. The minimum Gasteiger partial charge on any atom is -0.355 e. The summed E-state index contributed by atoms with van der Waals surface area (Å²) in [6.45, 7) is 0.961. The smallest absolute Gasteiger partial charge is 0.233 e. The summed E-state index contributed by atoms with van der Waals surface area (Å²) in [5.74, 6) is 3.01. The number of amides is 1. The molecule has 0 saturated heterocycles. The molecule has 4 bridgehead atoms. The van der Waals surface area contributed by atoms with Gasteiger partial charge in [0.15, 0.2) is 0 Å². The van der Waals surface area contributed by atoms with Crippen LogP contribution >= 0.6 is 0 Å². The zero-order valence-corrected chi connectivity index (χ0v) is 10.6. The summed E-state index contributed by atoms with van der Waals surface area (Å²) in [5.41, 5.74) is 5.89. The Morgan fingerprint density at radius 3 is 2.12 bits per heavy atom. The van der Waals surface area contributed by atoms with E-state index < -0.39 is 0 Å². The Hall–Kier alpha value is -0.570. The van der Waals surface area contributed by atoms with Gasteiger partial charge in [-0.3, -0.25) is 4.79 Å². The van der Waals surface area contributed by atoms with E-state index >= 15 is 0 Å². The summed E-state index contributed by atoms with van der Waals surface area (Å²) in [5, 5.41) is 2.94. The van der Waals surface area contributed by atoms with Crippen molar-refractivity contribution in [2.75, 3.05) is 13.1 Å². The fraction of sp³-hybridized carbons (Fsp3) is 0.929. The molecule has 3 nitrogen and oxygen atoms in total. The Labute approximate surface area is 104 Å². The molecule has 3 N–H and O–H groups in total. The van der Waals surface area contributed by atoms with Crippen LogP contribution in [-0.2, 0) is 4.79 Å². The molecular weight excluding hydrogens is 212 g/mol. The highest BCUT2D eigenvalue weighted by Gasteiger charge is 2.50. The van der Waals surface area contributed by atoms with E-state index in [-0.39, 0.29) is 12.5 Å². The molecule has 4 aliphatic rings. The van der Waals surface area contributed by atoms with Gasteiger partial charge in [-0.15, -0.1) is 0 Å². The van der Waals surface area contributed by atoms with Crippen LogP contribution in [-0.4, -0.2) is 19.0 Å². The Kier molecular flexibility index (Phi) is 2.89. The van der Waals surface area contributed by atoms with Crippen molar-refractivity contribution >= 4 is 5.91 Å². The fourth-order valence-electron chi connectivity index (χ4n) is 5.14. The van der Waals surface area contributed by atoms with Gasteiger partial charge in [0.05, 0.1) is 6.54 Å². The first-order chi connectivity index (χ1) is 8.19. The Morgan fingerprint density at radius 2 is 1.65 bits per heavy atom. The quantitative estimate of drug-likeness (QED) is 0.780. The van der Waals surface area contributed by atoms with E-state index in [1.165, 1.54) is 44.9 Å². The van der Waals surface area contributed by atoms with Gasteiger partial charge in [-0.2, -0.15) is 0 Å². The first-order valence-electron chi connectivity index (χ1n) is 7.16. The number of rotatable bonds is 4. The van der Waals surface area contributed by atoms with Gasteiger partial charge in [-0.1, -0.05) is 0 Å². The molecule has 3 heteroatoms. The van der Waals surface area contributed by atoms with Gasteiger partial charge in [0.25, 0.3) is 0 Å². The molecule has 0 unspecified atom stereocenters. The van der Waals surface area contributed by atoms with Crippen LogP contribution in [0.5, 0.6) is 0 Å². The minimum atomic E-state index is -0.00488. The van der Waals surface area contributed by atoms with Crippen LogP contribution in [0, 0.1) is 23.2 Å². The average Bonchev–Trinajstić information content (AvgIpc) is 2.26. The second-order valence-corrected chi connectivity index (χ2v) is 6.72. The molecule has 4 fully saturated rings. The number of carbonyl (C=O) groups is 1. The Bertz CT molecular complexity index is 278. The summed E-state index contributed by atoms with van der Waals surface area (Å²) in [7, 11) is 0. The summed E-state index contributed by atoms with van der Waals surface area (Å²) in [6, 6.07) is 0. The second-order valence-electron chi connectivity index (χ2n) is 6.72. The normalized spacial score (nSPS) is 42.8. The van der Waals surface area contributed by atoms with Crippen molar-refractivity contribution in [2.24, 2.45) is 28.9 Å². The molecule has 0 aromatic carbocycles. The number of carbonyl (C=O) groups excluding carboxylic acids is 1. The van der Waals surface area contributed by atoms with Crippen LogP contribution in [0.25, 0.3) is 0 Å². The highest BCUT2D eigenvalue weighted by Crippen LogP contribution is 2.61. The predicted molar refractivity (Wildman–Crippen MR) is 67.3 cm³/mol. The van der Waals surface area contributed by atoms with Crippen LogP contribution in [0.15, 0.2) is 0 Å². The van der Waals surface area contributed by atoms with E-state index in [0.29, 0.717) is 5.41 Å². The summed E-state index contributed by atoms with van der Waals surface area (Å²) >= 11 is 0. The maximum Gasteiger partial charge on any atom is 0.233 e. The van der Waals surface area contributed by atoms with Crippen molar-refractivity contribution in [1.29, 1.82) is 0 Å².